The van der Waals surface area contributed by atoms with Gasteiger partial charge in [-0.25, -0.2) is 9.78 Å². The third-order valence-electron chi connectivity index (χ3n) is 3.53. The van der Waals surface area contributed by atoms with Crippen molar-refractivity contribution in [2.75, 3.05) is 5.32 Å². The van der Waals surface area contributed by atoms with Gasteiger partial charge in [0.25, 0.3) is 5.91 Å². The Morgan fingerprint density at radius 3 is 2.68 bits per heavy atom. The second kappa shape index (κ2) is 5.68. The van der Waals surface area contributed by atoms with Gasteiger partial charge < -0.3 is 24.2 Å². The van der Waals surface area contributed by atoms with Crippen molar-refractivity contribution in [2.45, 2.75) is 0 Å². The van der Waals surface area contributed by atoms with Gasteiger partial charge in [0, 0.05) is 5.69 Å². The zero-order valence-corrected chi connectivity index (χ0v) is 12.6. The van der Waals surface area contributed by atoms with E-state index in [1.54, 1.807) is 36.6 Å². The van der Waals surface area contributed by atoms with Crippen molar-refractivity contribution in [3.8, 4) is 11.6 Å². The van der Waals surface area contributed by atoms with Gasteiger partial charge in [-0.15, -0.1) is 0 Å². The number of hydrogen-bond acceptors (Lipinski definition) is 5. The number of amides is 1. The quantitative estimate of drug-likeness (QED) is 0.525. The lowest BCUT2D eigenvalue weighted by Crippen LogP contribution is -2.10. The minimum absolute atomic E-state index is 0.0848. The number of aromatic nitrogens is 2. The van der Waals surface area contributed by atoms with E-state index in [9.17, 15) is 9.59 Å². The molecule has 3 heterocycles. The molecule has 1 aromatic carbocycles. The highest BCUT2D eigenvalue weighted by Crippen LogP contribution is 2.23. The van der Waals surface area contributed by atoms with Crippen molar-refractivity contribution in [2.24, 2.45) is 0 Å². The fraction of sp³-hybridized carbons (Fsp3) is 0. The Bertz CT molecular complexity index is 1080. The van der Waals surface area contributed by atoms with Crippen LogP contribution >= 0.6 is 0 Å². The first kappa shape index (κ1) is 14.8. The maximum absolute atomic E-state index is 12.1. The number of benzene rings is 1. The lowest BCUT2D eigenvalue weighted by molar-refractivity contribution is 0.0660. The molecule has 0 aliphatic heterocycles. The van der Waals surface area contributed by atoms with Crippen LogP contribution in [-0.2, 0) is 0 Å². The number of aromatic amines is 1. The number of nitrogens with zero attached hydrogens (tertiary/aromatic N) is 1. The molecule has 1 amide bonds. The van der Waals surface area contributed by atoms with Crippen LogP contribution in [0.5, 0.6) is 0 Å². The number of carbonyl (C=O) groups is 2. The lowest BCUT2D eigenvalue weighted by Gasteiger charge is -2.02. The van der Waals surface area contributed by atoms with E-state index in [0.717, 1.165) is 11.0 Å². The van der Waals surface area contributed by atoms with Crippen molar-refractivity contribution < 1.29 is 23.5 Å². The fourth-order valence-corrected chi connectivity index (χ4v) is 2.38. The molecule has 0 radical (unpaired) electrons. The largest absolute Gasteiger partial charge is 0.475 e. The van der Waals surface area contributed by atoms with Crippen LogP contribution in [0.4, 0.5) is 5.69 Å². The zero-order chi connectivity index (χ0) is 17.4. The molecule has 0 unspecified atom stereocenters. The molecular formula is C17H11N3O5. The molecule has 0 saturated carbocycles. The van der Waals surface area contributed by atoms with Gasteiger partial charge in [-0.05, 0) is 42.5 Å². The number of aromatic carboxylic acids is 1. The lowest BCUT2D eigenvalue weighted by atomic mass is 10.2. The minimum Gasteiger partial charge on any atom is -0.475 e. The highest BCUT2D eigenvalue weighted by molar-refractivity contribution is 6.03. The van der Waals surface area contributed by atoms with Gasteiger partial charge in [0.15, 0.2) is 17.3 Å². The number of carboxylic acids is 1. The van der Waals surface area contributed by atoms with Crippen molar-refractivity contribution in [3.05, 3.63) is 60.2 Å². The van der Waals surface area contributed by atoms with Crippen LogP contribution in [0.2, 0.25) is 0 Å². The van der Waals surface area contributed by atoms with Crippen LogP contribution in [0.1, 0.15) is 21.1 Å². The van der Waals surface area contributed by atoms with Crippen molar-refractivity contribution in [1.29, 1.82) is 0 Å². The summed E-state index contributed by atoms with van der Waals surface area (Å²) < 4.78 is 10.3. The predicted molar refractivity (Wildman–Crippen MR) is 87.4 cm³/mol. The van der Waals surface area contributed by atoms with Crippen molar-refractivity contribution in [3.63, 3.8) is 0 Å². The molecule has 3 aromatic heterocycles. The Morgan fingerprint density at radius 2 is 1.96 bits per heavy atom. The third-order valence-corrected chi connectivity index (χ3v) is 3.53. The van der Waals surface area contributed by atoms with Crippen LogP contribution in [0.15, 0.2) is 57.6 Å². The molecule has 8 heteroatoms. The van der Waals surface area contributed by atoms with E-state index in [4.69, 9.17) is 13.9 Å². The fourth-order valence-electron chi connectivity index (χ4n) is 2.38. The molecule has 0 atom stereocenters. The third kappa shape index (κ3) is 2.76. The summed E-state index contributed by atoms with van der Waals surface area (Å²) in [4.78, 5) is 30.5. The smallest absolute Gasteiger partial charge is 0.371 e. The van der Waals surface area contributed by atoms with Gasteiger partial charge in [-0.1, -0.05) is 0 Å². The number of anilines is 1. The molecule has 8 nitrogen and oxygen atoms in total. The van der Waals surface area contributed by atoms with E-state index < -0.39 is 11.9 Å². The Labute approximate surface area is 140 Å². The number of H-pyrrole nitrogens is 1. The first-order valence-corrected chi connectivity index (χ1v) is 7.28. The van der Waals surface area contributed by atoms with Gasteiger partial charge in [0.2, 0.25) is 5.76 Å². The minimum atomic E-state index is -1.23. The van der Waals surface area contributed by atoms with Gasteiger partial charge >= 0.3 is 5.97 Å². The van der Waals surface area contributed by atoms with Crippen LogP contribution < -0.4 is 5.32 Å². The molecule has 25 heavy (non-hydrogen) atoms. The van der Waals surface area contributed by atoms with E-state index in [2.05, 4.69) is 15.3 Å². The van der Waals surface area contributed by atoms with E-state index in [1.165, 1.54) is 12.1 Å². The summed E-state index contributed by atoms with van der Waals surface area (Å²) in [5.41, 5.74) is 1.95. The summed E-state index contributed by atoms with van der Waals surface area (Å²) in [5.74, 6) is -0.962. The van der Waals surface area contributed by atoms with Crippen LogP contribution in [0.3, 0.4) is 0 Å². The van der Waals surface area contributed by atoms with E-state index in [-0.39, 0.29) is 11.5 Å². The Morgan fingerprint density at radius 1 is 1.12 bits per heavy atom. The molecule has 4 aromatic rings. The van der Waals surface area contributed by atoms with Gasteiger partial charge in [-0.3, -0.25) is 4.79 Å². The van der Waals surface area contributed by atoms with Crippen LogP contribution in [-0.4, -0.2) is 27.0 Å². The van der Waals surface area contributed by atoms with Gasteiger partial charge in [-0.2, -0.15) is 0 Å². The van der Waals surface area contributed by atoms with Crippen molar-refractivity contribution in [1.82, 2.24) is 9.97 Å². The maximum atomic E-state index is 12.1. The number of hydrogen-bond donors (Lipinski definition) is 3. The monoisotopic (exact) mass is 337 g/mol. The standard InChI is InChI=1S/C17H11N3O5/c21-16(13-5-6-14(25-13)17(22)23)18-9-3-4-10-11(8-9)20-15(19-10)12-2-1-7-24-12/h1-8H,(H,18,21)(H,19,20)(H,22,23). The molecule has 0 bridgehead atoms. The predicted octanol–water partition coefficient (Wildman–Crippen LogP) is 3.37. The number of furan rings is 2. The average Bonchev–Trinajstić information content (AvgIpc) is 3.33. The topological polar surface area (TPSA) is 121 Å². The molecule has 3 N–H and O–H groups in total. The molecule has 124 valence electrons. The number of fused-ring (bicyclic) bond motifs is 1. The Hall–Kier alpha value is -3.81. The van der Waals surface area contributed by atoms with Gasteiger partial charge in [0.05, 0.1) is 17.3 Å². The summed E-state index contributed by atoms with van der Waals surface area (Å²) in [7, 11) is 0. The molecule has 0 aliphatic rings. The molecule has 0 spiro atoms. The summed E-state index contributed by atoms with van der Waals surface area (Å²) in [6.07, 6.45) is 1.56. The molecular weight excluding hydrogens is 326 g/mol. The summed E-state index contributed by atoms with van der Waals surface area (Å²) in [6.45, 7) is 0. The second-order valence-electron chi connectivity index (χ2n) is 5.22. The molecule has 0 aliphatic carbocycles. The number of imidazole rings is 1. The zero-order valence-electron chi connectivity index (χ0n) is 12.6. The van der Waals surface area contributed by atoms with Gasteiger partial charge in [0.1, 0.15) is 0 Å². The van der Waals surface area contributed by atoms with E-state index in [1.807, 2.05) is 0 Å². The number of carbonyl (C=O) groups excluding carboxylic acids is 1. The summed E-state index contributed by atoms with van der Waals surface area (Å²) in [5, 5.41) is 11.5. The van der Waals surface area contributed by atoms with Crippen molar-refractivity contribution >= 4 is 28.6 Å². The molecule has 0 saturated heterocycles. The number of carboxylic acid groups (broad SMARTS) is 1. The Balaban J connectivity index is 1.58. The van der Waals surface area contributed by atoms with Crippen LogP contribution in [0.25, 0.3) is 22.6 Å². The average molecular weight is 337 g/mol. The maximum Gasteiger partial charge on any atom is 0.371 e. The number of nitrogens with one attached hydrogen (secondary N) is 2. The Kier molecular flexibility index (Phi) is 3.35. The first-order chi connectivity index (χ1) is 12.1. The molecule has 0 fully saturated rings. The normalized spacial score (nSPS) is 10.9. The molecule has 4 rings (SSSR count). The van der Waals surface area contributed by atoms with Crippen LogP contribution in [0, 0.1) is 0 Å². The summed E-state index contributed by atoms with van der Waals surface area (Å²) in [6, 6.07) is 11.2. The van der Waals surface area contributed by atoms with E-state index in [0.29, 0.717) is 17.3 Å². The summed E-state index contributed by atoms with van der Waals surface area (Å²) >= 11 is 0. The SMILES string of the molecule is O=C(O)c1ccc(C(=O)Nc2ccc3nc(-c4ccco4)[nH]c3c2)o1. The second-order valence-corrected chi connectivity index (χ2v) is 5.22. The highest BCUT2D eigenvalue weighted by atomic mass is 16.4. The highest BCUT2D eigenvalue weighted by Gasteiger charge is 2.15. The number of rotatable bonds is 4. The first-order valence-electron chi connectivity index (χ1n) is 7.28. The van der Waals surface area contributed by atoms with E-state index >= 15 is 0 Å².